The maximum atomic E-state index is 8.74. The summed E-state index contributed by atoms with van der Waals surface area (Å²) in [6.45, 7) is 5.41. The van der Waals surface area contributed by atoms with Crippen LogP contribution in [0.25, 0.3) is 0 Å². The molecule has 0 bridgehead atoms. The van der Waals surface area contributed by atoms with Crippen molar-refractivity contribution in [3.05, 3.63) is 34.3 Å². The molecule has 1 aromatic carbocycles. The third-order valence-electron chi connectivity index (χ3n) is 2.44. The summed E-state index contributed by atoms with van der Waals surface area (Å²) < 4.78 is 5.12. The van der Waals surface area contributed by atoms with Crippen LogP contribution in [0.4, 0.5) is 0 Å². The van der Waals surface area contributed by atoms with Crippen molar-refractivity contribution < 1.29 is 4.74 Å². The van der Waals surface area contributed by atoms with Gasteiger partial charge < -0.3 is 10.1 Å². The Bertz CT molecular complexity index is 424. The highest BCUT2D eigenvalue weighted by Gasteiger charge is 2.16. The van der Waals surface area contributed by atoms with E-state index in [-0.39, 0.29) is 5.54 Å². The molecule has 1 aromatic rings. The van der Waals surface area contributed by atoms with Crippen LogP contribution < -0.4 is 5.32 Å². The van der Waals surface area contributed by atoms with Gasteiger partial charge in [-0.1, -0.05) is 17.7 Å². The van der Waals surface area contributed by atoms with Crippen molar-refractivity contribution in [3.8, 4) is 6.07 Å². The van der Waals surface area contributed by atoms with Gasteiger partial charge in [0.1, 0.15) is 0 Å². The van der Waals surface area contributed by atoms with E-state index >= 15 is 0 Å². The molecule has 17 heavy (non-hydrogen) atoms. The van der Waals surface area contributed by atoms with Gasteiger partial charge in [-0.2, -0.15) is 5.26 Å². The van der Waals surface area contributed by atoms with Crippen molar-refractivity contribution >= 4 is 11.6 Å². The van der Waals surface area contributed by atoms with Gasteiger partial charge in [-0.25, -0.2) is 0 Å². The average molecular weight is 253 g/mol. The van der Waals surface area contributed by atoms with Gasteiger partial charge in [0.2, 0.25) is 0 Å². The number of hydrogen-bond acceptors (Lipinski definition) is 3. The first-order valence-corrected chi connectivity index (χ1v) is 5.79. The second kappa shape index (κ2) is 6.02. The zero-order chi connectivity index (χ0) is 12.9. The van der Waals surface area contributed by atoms with Crippen LogP contribution in [0.1, 0.15) is 25.0 Å². The van der Waals surface area contributed by atoms with Gasteiger partial charge in [0.25, 0.3) is 0 Å². The number of benzene rings is 1. The van der Waals surface area contributed by atoms with Crippen LogP contribution in [0, 0.1) is 11.3 Å². The smallest absolute Gasteiger partial charge is 0.0992 e. The first kappa shape index (κ1) is 14.0. The molecule has 0 aliphatic rings. The highest BCUT2D eigenvalue weighted by Crippen LogP contribution is 2.18. The molecule has 0 aliphatic carbocycles. The SMILES string of the molecule is COCC(C)(C)NCc1ccc(C#N)cc1Cl. The summed E-state index contributed by atoms with van der Waals surface area (Å²) >= 11 is 6.09. The Labute approximate surface area is 107 Å². The minimum absolute atomic E-state index is 0.105. The fourth-order valence-electron chi connectivity index (χ4n) is 1.51. The lowest BCUT2D eigenvalue weighted by Gasteiger charge is -2.25. The fourth-order valence-corrected chi connectivity index (χ4v) is 1.75. The quantitative estimate of drug-likeness (QED) is 0.877. The third kappa shape index (κ3) is 4.35. The number of halogens is 1. The molecule has 0 spiro atoms. The molecule has 0 heterocycles. The minimum Gasteiger partial charge on any atom is -0.383 e. The van der Waals surface area contributed by atoms with E-state index in [9.17, 15) is 0 Å². The second-order valence-electron chi connectivity index (χ2n) is 4.59. The van der Waals surface area contributed by atoms with E-state index in [0.29, 0.717) is 23.7 Å². The lowest BCUT2D eigenvalue weighted by Crippen LogP contribution is -2.42. The summed E-state index contributed by atoms with van der Waals surface area (Å²) in [7, 11) is 1.68. The lowest BCUT2D eigenvalue weighted by atomic mass is 10.1. The van der Waals surface area contributed by atoms with Crippen LogP contribution >= 0.6 is 11.6 Å². The highest BCUT2D eigenvalue weighted by atomic mass is 35.5. The molecule has 0 aliphatic heterocycles. The number of ether oxygens (including phenoxy) is 1. The summed E-state index contributed by atoms with van der Waals surface area (Å²) in [6.07, 6.45) is 0. The molecule has 0 amide bonds. The minimum atomic E-state index is -0.105. The molecule has 0 unspecified atom stereocenters. The second-order valence-corrected chi connectivity index (χ2v) is 5.00. The van der Waals surface area contributed by atoms with Crippen molar-refractivity contribution in [2.75, 3.05) is 13.7 Å². The van der Waals surface area contributed by atoms with Gasteiger partial charge in [-0.05, 0) is 31.5 Å². The summed E-state index contributed by atoms with van der Waals surface area (Å²) in [6, 6.07) is 7.39. The Morgan fingerprint density at radius 2 is 2.18 bits per heavy atom. The largest absolute Gasteiger partial charge is 0.383 e. The maximum Gasteiger partial charge on any atom is 0.0992 e. The highest BCUT2D eigenvalue weighted by molar-refractivity contribution is 6.31. The number of hydrogen-bond donors (Lipinski definition) is 1. The molecule has 4 heteroatoms. The topological polar surface area (TPSA) is 45.0 Å². The van der Waals surface area contributed by atoms with E-state index in [1.807, 2.05) is 6.07 Å². The lowest BCUT2D eigenvalue weighted by molar-refractivity contribution is 0.128. The number of nitrogens with one attached hydrogen (secondary N) is 1. The molecule has 0 aromatic heterocycles. The number of rotatable bonds is 5. The Morgan fingerprint density at radius 3 is 2.71 bits per heavy atom. The fraction of sp³-hybridized carbons (Fsp3) is 0.462. The number of nitriles is 1. The predicted molar refractivity (Wildman–Crippen MR) is 69.0 cm³/mol. The van der Waals surface area contributed by atoms with E-state index in [1.165, 1.54) is 0 Å². The van der Waals surface area contributed by atoms with Crippen molar-refractivity contribution in [1.29, 1.82) is 5.26 Å². The molecule has 0 saturated carbocycles. The first-order chi connectivity index (χ1) is 7.98. The van der Waals surface area contributed by atoms with E-state index in [0.717, 1.165) is 5.56 Å². The van der Waals surface area contributed by atoms with E-state index in [4.69, 9.17) is 21.6 Å². The van der Waals surface area contributed by atoms with E-state index < -0.39 is 0 Å². The van der Waals surface area contributed by atoms with Crippen molar-refractivity contribution in [2.45, 2.75) is 25.9 Å². The normalized spacial score (nSPS) is 11.2. The van der Waals surface area contributed by atoms with Crippen LogP contribution in [-0.4, -0.2) is 19.3 Å². The first-order valence-electron chi connectivity index (χ1n) is 5.41. The molecule has 1 rings (SSSR count). The summed E-state index contributed by atoms with van der Waals surface area (Å²) in [4.78, 5) is 0. The van der Waals surface area contributed by atoms with Gasteiger partial charge in [0.05, 0.1) is 18.2 Å². The summed E-state index contributed by atoms with van der Waals surface area (Å²) in [5.74, 6) is 0. The molecule has 0 saturated heterocycles. The zero-order valence-electron chi connectivity index (χ0n) is 10.4. The molecule has 92 valence electrons. The molecular formula is C13H17ClN2O. The Morgan fingerprint density at radius 1 is 1.47 bits per heavy atom. The van der Waals surface area contributed by atoms with Crippen LogP contribution in [0.3, 0.4) is 0 Å². The van der Waals surface area contributed by atoms with Crippen molar-refractivity contribution in [1.82, 2.24) is 5.32 Å². The van der Waals surface area contributed by atoms with Gasteiger partial charge >= 0.3 is 0 Å². The summed E-state index contributed by atoms with van der Waals surface area (Å²) in [5, 5.41) is 12.7. The van der Waals surface area contributed by atoms with E-state index in [2.05, 4.69) is 25.2 Å². The number of methoxy groups -OCH3 is 1. The van der Waals surface area contributed by atoms with Crippen molar-refractivity contribution in [3.63, 3.8) is 0 Å². The van der Waals surface area contributed by atoms with Crippen molar-refractivity contribution in [2.24, 2.45) is 0 Å². The predicted octanol–water partition coefficient (Wildman–Crippen LogP) is 2.73. The molecule has 0 atom stereocenters. The standard InChI is InChI=1S/C13H17ClN2O/c1-13(2,9-17-3)16-8-11-5-4-10(7-15)6-12(11)14/h4-6,16H,8-9H2,1-3H3. The van der Waals surface area contributed by atoms with Crippen LogP contribution in [0.5, 0.6) is 0 Å². The molecule has 1 N–H and O–H groups in total. The molecule has 3 nitrogen and oxygen atoms in total. The van der Waals surface area contributed by atoms with Gasteiger partial charge in [0.15, 0.2) is 0 Å². The zero-order valence-corrected chi connectivity index (χ0v) is 11.1. The molecule has 0 fully saturated rings. The van der Waals surface area contributed by atoms with Gasteiger partial charge in [-0.3, -0.25) is 0 Å². The third-order valence-corrected chi connectivity index (χ3v) is 2.80. The van der Waals surface area contributed by atoms with Gasteiger partial charge in [0, 0.05) is 24.2 Å². The monoisotopic (exact) mass is 252 g/mol. The van der Waals surface area contributed by atoms with Crippen LogP contribution in [0.15, 0.2) is 18.2 Å². The Hall–Kier alpha value is -1.08. The Balaban J connectivity index is 2.67. The molecule has 0 radical (unpaired) electrons. The van der Waals surface area contributed by atoms with Crippen LogP contribution in [0.2, 0.25) is 5.02 Å². The van der Waals surface area contributed by atoms with Gasteiger partial charge in [-0.15, -0.1) is 0 Å². The Kier molecular flexibility index (Phi) is 4.95. The number of nitrogens with zero attached hydrogens (tertiary/aromatic N) is 1. The molecular weight excluding hydrogens is 236 g/mol. The maximum absolute atomic E-state index is 8.74. The summed E-state index contributed by atoms with van der Waals surface area (Å²) in [5.41, 5.74) is 1.45. The van der Waals surface area contributed by atoms with E-state index in [1.54, 1.807) is 19.2 Å². The van der Waals surface area contributed by atoms with Crippen LogP contribution in [-0.2, 0) is 11.3 Å². The average Bonchev–Trinajstić information content (AvgIpc) is 2.27.